The summed E-state index contributed by atoms with van der Waals surface area (Å²) < 4.78 is 21.5. The molecule has 0 spiro atoms. The third-order valence-electron chi connectivity index (χ3n) is 4.86. The van der Waals surface area contributed by atoms with Gasteiger partial charge in [-0.1, -0.05) is 0 Å². The molecule has 0 fully saturated rings. The van der Waals surface area contributed by atoms with Gasteiger partial charge >= 0.3 is 0 Å². The summed E-state index contributed by atoms with van der Waals surface area (Å²) >= 11 is 0. The minimum absolute atomic E-state index is 0.0682. The van der Waals surface area contributed by atoms with E-state index in [4.69, 9.17) is 9.84 Å². The van der Waals surface area contributed by atoms with Crippen molar-refractivity contribution >= 4 is 11.0 Å². The van der Waals surface area contributed by atoms with E-state index in [0.717, 1.165) is 22.9 Å². The fourth-order valence-corrected chi connectivity index (χ4v) is 3.66. The van der Waals surface area contributed by atoms with Gasteiger partial charge in [-0.25, -0.2) is 14.1 Å². The van der Waals surface area contributed by atoms with Crippen LogP contribution in [0.5, 0.6) is 5.88 Å². The summed E-state index contributed by atoms with van der Waals surface area (Å²) in [7, 11) is 0. The van der Waals surface area contributed by atoms with Crippen molar-refractivity contribution in [2.45, 2.75) is 32.4 Å². The molecule has 7 nitrogen and oxygen atoms in total. The summed E-state index contributed by atoms with van der Waals surface area (Å²) in [6.07, 6.45) is 5.59. The highest BCUT2D eigenvalue weighted by atomic mass is 19.1. The molecule has 1 aliphatic heterocycles. The largest absolute Gasteiger partial charge is 0.474 e. The maximum absolute atomic E-state index is 13.4. The van der Waals surface area contributed by atoms with E-state index in [1.807, 2.05) is 17.7 Å². The number of pyridine rings is 2. The summed E-state index contributed by atoms with van der Waals surface area (Å²) in [4.78, 5) is 8.56. The van der Waals surface area contributed by atoms with Crippen LogP contribution < -0.4 is 4.74 Å². The van der Waals surface area contributed by atoms with Gasteiger partial charge in [0.05, 0.1) is 35.8 Å². The Labute approximate surface area is 154 Å². The molecule has 8 heteroatoms. The number of halogens is 1. The van der Waals surface area contributed by atoms with Crippen molar-refractivity contribution in [1.82, 2.24) is 29.9 Å². The maximum Gasteiger partial charge on any atom is 0.221 e. The minimum Gasteiger partial charge on any atom is -0.474 e. The highest BCUT2D eigenvalue weighted by Crippen LogP contribution is 2.44. The van der Waals surface area contributed by atoms with E-state index >= 15 is 0 Å². The number of rotatable bonds is 2. The van der Waals surface area contributed by atoms with Crippen LogP contribution in [-0.4, -0.2) is 36.0 Å². The molecule has 0 amide bonds. The van der Waals surface area contributed by atoms with Crippen molar-refractivity contribution in [3.8, 4) is 28.4 Å². The molecule has 136 valence electrons. The number of nitrogens with zero attached hydrogens (tertiary/aromatic N) is 5. The van der Waals surface area contributed by atoms with E-state index in [1.165, 1.54) is 12.3 Å². The van der Waals surface area contributed by atoms with Crippen LogP contribution in [0.4, 0.5) is 4.39 Å². The Morgan fingerprint density at radius 3 is 2.89 bits per heavy atom. The van der Waals surface area contributed by atoms with Gasteiger partial charge < -0.3 is 4.74 Å². The van der Waals surface area contributed by atoms with Crippen LogP contribution in [0.3, 0.4) is 0 Å². The lowest BCUT2D eigenvalue weighted by atomic mass is 10.0. The lowest BCUT2D eigenvalue weighted by Crippen LogP contribution is -2.26. The number of nitrogens with one attached hydrogen (secondary N) is 1. The molecule has 0 bridgehead atoms. The molecule has 0 unspecified atom stereocenters. The van der Waals surface area contributed by atoms with Gasteiger partial charge in [-0.15, -0.1) is 0 Å². The first-order chi connectivity index (χ1) is 13.1. The van der Waals surface area contributed by atoms with E-state index in [-0.39, 0.29) is 18.0 Å². The van der Waals surface area contributed by atoms with Gasteiger partial charge in [-0.2, -0.15) is 10.2 Å². The second-order valence-corrected chi connectivity index (χ2v) is 6.84. The van der Waals surface area contributed by atoms with Crippen molar-refractivity contribution in [1.29, 1.82) is 0 Å². The molecule has 1 N–H and O–H groups in total. The number of hydrogen-bond acceptors (Lipinski definition) is 5. The number of hydrogen-bond donors (Lipinski definition) is 1. The Bertz CT molecular complexity index is 1130. The fraction of sp³-hybridized carbons (Fsp3) is 0.263. The number of fused-ring (bicyclic) bond motifs is 2. The average Bonchev–Trinajstić information content (AvgIpc) is 3.27. The summed E-state index contributed by atoms with van der Waals surface area (Å²) in [5.74, 6) is 0.305. The molecular weight excluding hydrogens is 347 g/mol. The summed E-state index contributed by atoms with van der Waals surface area (Å²) in [5.41, 5.74) is 3.64. The molecule has 5 heterocycles. The van der Waals surface area contributed by atoms with Gasteiger partial charge in [-0.05, 0) is 32.0 Å². The lowest BCUT2D eigenvalue weighted by Gasteiger charge is -2.27. The number of aromatic nitrogens is 6. The molecule has 0 saturated carbocycles. The predicted octanol–water partition coefficient (Wildman–Crippen LogP) is 3.75. The van der Waals surface area contributed by atoms with E-state index < -0.39 is 0 Å². The Hall–Kier alpha value is -3.29. The first kappa shape index (κ1) is 15.9. The molecule has 4 aromatic rings. The minimum atomic E-state index is -0.386. The summed E-state index contributed by atoms with van der Waals surface area (Å²) in [6.45, 7) is 4.16. The van der Waals surface area contributed by atoms with Crippen LogP contribution >= 0.6 is 0 Å². The standard InChI is InChI=1S/C19H17FN6O/c1-10-7-11(2)27-19-16(13-5-6-21-18-14(13)9-23-24-18)17(25-26(10)19)15-4-3-12(20)8-22-15/h3-6,8-11H,7H2,1-2H3,(H,21,23,24)/t10-,11+/m1/s1. The lowest BCUT2D eigenvalue weighted by molar-refractivity contribution is 0.127. The second kappa shape index (κ2) is 5.87. The van der Waals surface area contributed by atoms with Crippen molar-refractivity contribution in [2.24, 2.45) is 0 Å². The average molecular weight is 364 g/mol. The van der Waals surface area contributed by atoms with Gasteiger partial charge in [0.15, 0.2) is 5.65 Å². The van der Waals surface area contributed by atoms with Gasteiger partial charge in [0.1, 0.15) is 11.5 Å². The van der Waals surface area contributed by atoms with Crippen LogP contribution in [0.15, 0.2) is 36.8 Å². The molecule has 4 aromatic heterocycles. The van der Waals surface area contributed by atoms with E-state index in [9.17, 15) is 4.39 Å². The molecule has 0 saturated heterocycles. The fourth-order valence-electron chi connectivity index (χ4n) is 3.66. The molecule has 0 aliphatic carbocycles. The number of H-pyrrole nitrogens is 1. The normalized spacial score (nSPS) is 19.1. The van der Waals surface area contributed by atoms with Crippen LogP contribution in [0.1, 0.15) is 26.3 Å². The third-order valence-corrected chi connectivity index (χ3v) is 4.86. The van der Waals surface area contributed by atoms with Crippen molar-refractivity contribution < 1.29 is 9.13 Å². The third kappa shape index (κ3) is 2.48. The zero-order chi connectivity index (χ0) is 18.5. The van der Waals surface area contributed by atoms with Gasteiger partial charge in [0.25, 0.3) is 0 Å². The monoisotopic (exact) mass is 364 g/mol. The van der Waals surface area contributed by atoms with Crippen LogP contribution in [0.2, 0.25) is 0 Å². The van der Waals surface area contributed by atoms with Gasteiger partial charge in [0.2, 0.25) is 5.88 Å². The molecule has 0 aromatic carbocycles. The summed E-state index contributed by atoms with van der Waals surface area (Å²) in [5, 5.41) is 12.7. The van der Waals surface area contributed by atoms with Crippen molar-refractivity contribution in [2.75, 3.05) is 0 Å². The smallest absolute Gasteiger partial charge is 0.221 e. The van der Waals surface area contributed by atoms with Crippen LogP contribution in [-0.2, 0) is 0 Å². The van der Waals surface area contributed by atoms with Gasteiger partial charge in [0, 0.05) is 23.6 Å². The SMILES string of the molecule is C[C@@H]1C[C@H](C)Oc2c(-c3ccnc4[nH]ncc34)c(-c3ccc(F)cn3)nn21. The Balaban J connectivity index is 1.83. The number of ether oxygens (including phenoxy) is 1. The highest BCUT2D eigenvalue weighted by molar-refractivity contribution is 5.98. The molecule has 0 radical (unpaired) electrons. The Morgan fingerprint density at radius 2 is 2.07 bits per heavy atom. The second-order valence-electron chi connectivity index (χ2n) is 6.84. The molecule has 27 heavy (non-hydrogen) atoms. The zero-order valence-electron chi connectivity index (χ0n) is 14.8. The maximum atomic E-state index is 13.4. The van der Waals surface area contributed by atoms with Gasteiger partial charge in [-0.3, -0.25) is 10.1 Å². The highest BCUT2D eigenvalue weighted by Gasteiger charge is 2.31. The predicted molar refractivity (Wildman–Crippen MR) is 97.7 cm³/mol. The first-order valence-electron chi connectivity index (χ1n) is 8.81. The Morgan fingerprint density at radius 1 is 1.19 bits per heavy atom. The van der Waals surface area contributed by atoms with E-state index in [0.29, 0.717) is 22.9 Å². The van der Waals surface area contributed by atoms with Crippen LogP contribution in [0.25, 0.3) is 33.5 Å². The summed E-state index contributed by atoms with van der Waals surface area (Å²) in [6, 6.07) is 5.11. The molecule has 5 rings (SSSR count). The molecular formula is C19H17FN6O. The first-order valence-corrected chi connectivity index (χ1v) is 8.81. The quantitative estimate of drug-likeness (QED) is 0.586. The van der Waals surface area contributed by atoms with Crippen molar-refractivity contribution in [3.05, 3.63) is 42.6 Å². The van der Waals surface area contributed by atoms with Crippen molar-refractivity contribution in [3.63, 3.8) is 0 Å². The van der Waals surface area contributed by atoms with Crippen LogP contribution in [0, 0.1) is 5.82 Å². The number of aromatic amines is 1. The molecule has 1 aliphatic rings. The zero-order valence-corrected chi connectivity index (χ0v) is 14.8. The van der Waals surface area contributed by atoms with E-state index in [1.54, 1.807) is 18.5 Å². The topological polar surface area (TPSA) is 81.5 Å². The molecule has 2 atom stereocenters. The Kier molecular flexibility index (Phi) is 3.46. The van der Waals surface area contributed by atoms with E-state index in [2.05, 4.69) is 27.1 Å².